The zero-order valence-electron chi connectivity index (χ0n) is 13.4. The SMILES string of the molecule is CC1(N)CC1.CN1CCC(N)C1.CN1C[C@@H]2C(N)[C@@H]2C1. The molecule has 2 heterocycles. The molecule has 2 aliphatic heterocycles. The zero-order chi connectivity index (χ0) is 14.9. The van der Waals surface area contributed by atoms with Gasteiger partial charge < -0.3 is 27.0 Å². The molecule has 20 heavy (non-hydrogen) atoms. The number of nitrogens with two attached hydrogens (primary N) is 3. The summed E-state index contributed by atoms with van der Waals surface area (Å²) < 4.78 is 0. The predicted molar refractivity (Wildman–Crippen MR) is 84.4 cm³/mol. The Balaban J connectivity index is 0.000000114. The molecule has 0 bridgehead atoms. The van der Waals surface area contributed by atoms with E-state index in [1.165, 1.54) is 38.9 Å². The molecule has 5 heteroatoms. The van der Waals surface area contributed by atoms with Crippen LogP contribution in [0.1, 0.15) is 26.2 Å². The van der Waals surface area contributed by atoms with E-state index in [1.54, 1.807) is 0 Å². The first-order chi connectivity index (χ1) is 9.28. The van der Waals surface area contributed by atoms with E-state index in [4.69, 9.17) is 17.2 Å². The second-order valence-corrected chi connectivity index (χ2v) is 7.59. The maximum atomic E-state index is 5.71. The number of rotatable bonds is 0. The molecule has 0 aromatic heterocycles. The molecule has 2 saturated heterocycles. The monoisotopic (exact) mass is 283 g/mol. The lowest BCUT2D eigenvalue weighted by Crippen LogP contribution is -2.24. The minimum absolute atomic E-state index is 0.250. The molecule has 4 aliphatic rings. The van der Waals surface area contributed by atoms with Gasteiger partial charge >= 0.3 is 0 Å². The van der Waals surface area contributed by atoms with Crippen LogP contribution in [0.4, 0.5) is 0 Å². The lowest BCUT2D eigenvalue weighted by Gasteiger charge is -2.09. The topological polar surface area (TPSA) is 84.5 Å². The fraction of sp³-hybridized carbons (Fsp3) is 1.00. The first kappa shape index (κ1) is 16.2. The third-order valence-electron chi connectivity index (χ3n) is 4.91. The Hall–Kier alpha value is -0.200. The second-order valence-electron chi connectivity index (χ2n) is 7.59. The van der Waals surface area contributed by atoms with Gasteiger partial charge in [0.25, 0.3) is 0 Å². The van der Waals surface area contributed by atoms with Crippen molar-refractivity contribution in [3.8, 4) is 0 Å². The van der Waals surface area contributed by atoms with Crippen LogP contribution in [0.25, 0.3) is 0 Å². The van der Waals surface area contributed by atoms with Gasteiger partial charge in [-0.05, 0) is 58.7 Å². The molecule has 0 amide bonds. The van der Waals surface area contributed by atoms with Gasteiger partial charge in [-0.15, -0.1) is 0 Å². The van der Waals surface area contributed by atoms with Crippen molar-refractivity contribution in [2.45, 2.75) is 43.8 Å². The van der Waals surface area contributed by atoms with Gasteiger partial charge in [0.2, 0.25) is 0 Å². The van der Waals surface area contributed by atoms with E-state index < -0.39 is 0 Å². The lowest BCUT2D eigenvalue weighted by molar-refractivity contribution is 0.362. The summed E-state index contributed by atoms with van der Waals surface area (Å²) in [5.74, 6) is 1.72. The third kappa shape index (κ3) is 4.97. The second kappa shape index (κ2) is 6.28. The van der Waals surface area contributed by atoms with Gasteiger partial charge in [0.05, 0.1) is 0 Å². The van der Waals surface area contributed by atoms with Gasteiger partial charge in [0, 0.05) is 37.3 Å². The van der Waals surface area contributed by atoms with E-state index in [2.05, 4.69) is 30.8 Å². The fourth-order valence-electron chi connectivity index (χ4n) is 2.95. The highest BCUT2D eigenvalue weighted by Crippen LogP contribution is 2.42. The number of likely N-dealkylation sites (tertiary alicyclic amines) is 2. The van der Waals surface area contributed by atoms with E-state index in [9.17, 15) is 0 Å². The number of likely N-dealkylation sites (N-methyl/N-ethyl adjacent to an activating group) is 1. The first-order valence-corrected chi connectivity index (χ1v) is 7.95. The number of nitrogens with zero attached hydrogens (tertiary/aromatic N) is 2. The third-order valence-corrected chi connectivity index (χ3v) is 4.91. The smallest absolute Gasteiger partial charge is 0.0179 e. The Bertz CT molecular complexity index is 293. The molecule has 0 aromatic rings. The summed E-state index contributed by atoms with van der Waals surface area (Å²) in [6.45, 7) is 6.83. The zero-order valence-corrected chi connectivity index (χ0v) is 13.4. The van der Waals surface area contributed by atoms with Gasteiger partial charge in [0.15, 0.2) is 0 Å². The molecule has 2 aliphatic carbocycles. The summed E-state index contributed by atoms with van der Waals surface area (Å²) in [6.07, 6.45) is 3.64. The van der Waals surface area contributed by atoms with Crippen molar-refractivity contribution in [1.82, 2.24) is 9.80 Å². The molecule has 4 rings (SSSR count). The molecule has 4 fully saturated rings. The highest BCUT2D eigenvalue weighted by molar-refractivity contribution is 5.07. The normalized spacial score (nSPS) is 41.1. The van der Waals surface area contributed by atoms with Crippen molar-refractivity contribution in [3.63, 3.8) is 0 Å². The lowest BCUT2D eigenvalue weighted by atomic mass is 10.3. The van der Waals surface area contributed by atoms with Crippen molar-refractivity contribution in [3.05, 3.63) is 0 Å². The van der Waals surface area contributed by atoms with Gasteiger partial charge in [-0.3, -0.25) is 0 Å². The molecule has 118 valence electrons. The maximum absolute atomic E-state index is 5.71. The van der Waals surface area contributed by atoms with E-state index in [0.29, 0.717) is 12.1 Å². The van der Waals surface area contributed by atoms with Crippen molar-refractivity contribution in [2.24, 2.45) is 29.0 Å². The Morgan fingerprint density at radius 3 is 1.65 bits per heavy atom. The van der Waals surface area contributed by atoms with Crippen molar-refractivity contribution >= 4 is 0 Å². The summed E-state index contributed by atoms with van der Waals surface area (Å²) in [4.78, 5) is 4.61. The fourth-order valence-corrected chi connectivity index (χ4v) is 2.95. The van der Waals surface area contributed by atoms with Crippen LogP contribution in [0.2, 0.25) is 0 Å². The number of hydrogen-bond donors (Lipinski definition) is 3. The van der Waals surface area contributed by atoms with Crippen molar-refractivity contribution in [2.75, 3.05) is 40.3 Å². The molecule has 2 unspecified atom stereocenters. The molecule has 0 spiro atoms. The van der Waals surface area contributed by atoms with Gasteiger partial charge in [-0.1, -0.05) is 0 Å². The van der Waals surface area contributed by atoms with E-state index >= 15 is 0 Å². The molecular weight excluding hydrogens is 250 g/mol. The molecule has 0 aromatic carbocycles. The summed E-state index contributed by atoms with van der Waals surface area (Å²) in [5.41, 5.74) is 17.0. The van der Waals surface area contributed by atoms with Crippen molar-refractivity contribution in [1.29, 1.82) is 0 Å². The molecule has 2 saturated carbocycles. The van der Waals surface area contributed by atoms with Gasteiger partial charge in [0.1, 0.15) is 0 Å². The minimum atomic E-state index is 0.250. The highest BCUT2D eigenvalue weighted by atomic mass is 15.2. The van der Waals surface area contributed by atoms with Gasteiger partial charge in [-0.25, -0.2) is 0 Å². The van der Waals surface area contributed by atoms with Crippen LogP contribution in [0.5, 0.6) is 0 Å². The number of fused-ring (bicyclic) bond motifs is 1. The van der Waals surface area contributed by atoms with Crippen LogP contribution in [0.3, 0.4) is 0 Å². The van der Waals surface area contributed by atoms with Crippen molar-refractivity contribution < 1.29 is 0 Å². The van der Waals surface area contributed by atoms with E-state index in [1.807, 2.05) is 0 Å². The predicted octanol–water partition coefficient (Wildman–Crippen LogP) is -0.348. The molecule has 6 N–H and O–H groups in total. The molecule has 5 nitrogen and oxygen atoms in total. The van der Waals surface area contributed by atoms with Crippen LogP contribution >= 0.6 is 0 Å². The Morgan fingerprint density at radius 2 is 1.45 bits per heavy atom. The summed E-state index contributed by atoms with van der Waals surface area (Å²) in [7, 11) is 4.27. The highest BCUT2D eigenvalue weighted by Gasteiger charge is 2.52. The molecular formula is C15H33N5. The summed E-state index contributed by atoms with van der Waals surface area (Å²) >= 11 is 0. The van der Waals surface area contributed by atoms with Crippen LogP contribution in [-0.4, -0.2) is 67.7 Å². The molecule has 4 atom stereocenters. The summed E-state index contributed by atoms with van der Waals surface area (Å²) in [5, 5.41) is 0. The van der Waals surface area contributed by atoms with Crippen LogP contribution in [0, 0.1) is 11.8 Å². The average molecular weight is 283 g/mol. The average Bonchev–Trinajstić information content (AvgIpc) is 3.04. The Labute approximate surface area is 123 Å². The number of piperidine rings is 1. The molecule has 0 radical (unpaired) electrons. The Morgan fingerprint density at radius 1 is 0.950 bits per heavy atom. The van der Waals surface area contributed by atoms with E-state index in [0.717, 1.165) is 18.4 Å². The quantitative estimate of drug-likeness (QED) is 0.566. The first-order valence-electron chi connectivity index (χ1n) is 7.95. The van der Waals surface area contributed by atoms with E-state index in [-0.39, 0.29) is 5.54 Å². The number of hydrogen-bond acceptors (Lipinski definition) is 5. The minimum Gasteiger partial charge on any atom is -0.327 e. The Kier molecular flexibility index (Phi) is 5.08. The van der Waals surface area contributed by atoms with Crippen LogP contribution in [-0.2, 0) is 0 Å². The van der Waals surface area contributed by atoms with Crippen LogP contribution < -0.4 is 17.2 Å². The summed E-state index contributed by atoms with van der Waals surface area (Å²) in [6, 6.07) is 1.01. The van der Waals surface area contributed by atoms with Crippen LogP contribution in [0.15, 0.2) is 0 Å². The standard InChI is InChI=1S/C6H12N2.C5H12N2.C4H9N/c1-8-2-4-5(3-8)6(4)7;1-7-3-2-5(6)4-7;1-4(5)2-3-4/h4-6H,2-3,7H2,1H3;5H,2-4,6H2,1H3;2-3,5H2,1H3/t4-,5+,6?;;. The maximum Gasteiger partial charge on any atom is 0.0179 e. The largest absolute Gasteiger partial charge is 0.327 e. The van der Waals surface area contributed by atoms with Gasteiger partial charge in [-0.2, -0.15) is 0 Å².